The molecule has 0 aliphatic carbocycles. The van der Waals surface area contributed by atoms with E-state index in [4.69, 9.17) is 4.43 Å². The van der Waals surface area contributed by atoms with Crippen LogP contribution in [0.1, 0.15) is 5.56 Å². The molecule has 0 saturated heterocycles. The third-order valence-corrected chi connectivity index (χ3v) is 2.99. The molecule has 0 radical (unpaired) electrons. The van der Waals surface area contributed by atoms with Crippen LogP contribution in [0.3, 0.4) is 0 Å². The zero-order valence-corrected chi connectivity index (χ0v) is 11.9. The molecular weight excluding hydrogens is 214 g/mol. The number of rotatable bonds is 4. The van der Waals surface area contributed by atoms with Gasteiger partial charge in [0.25, 0.3) is 0 Å². The van der Waals surface area contributed by atoms with Gasteiger partial charge in [-0.15, -0.1) is 0 Å². The third kappa shape index (κ3) is 3.74. The largest absolute Gasteiger partial charge is 0.544 e. The first kappa shape index (κ1) is 12.8. The maximum absolute atomic E-state index is 5.85. The van der Waals surface area contributed by atoms with Crippen molar-refractivity contribution in [3.05, 3.63) is 36.4 Å². The van der Waals surface area contributed by atoms with E-state index in [1.54, 1.807) is 0 Å². The van der Waals surface area contributed by atoms with Crippen LogP contribution in [0.2, 0.25) is 19.6 Å². The van der Waals surface area contributed by atoms with Crippen LogP contribution >= 0.6 is 0 Å². The van der Waals surface area contributed by atoms with Gasteiger partial charge >= 0.3 is 0 Å². The molecule has 1 aromatic rings. The highest BCUT2D eigenvalue weighted by atomic mass is 28.4. The number of anilines is 1. The minimum Gasteiger partial charge on any atom is -0.544 e. The van der Waals surface area contributed by atoms with Gasteiger partial charge in [-0.3, -0.25) is 0 Å². The van der Waals surface area contributed by atoms with E-state index in [2.05, 4.69) is 55.4 Å². The molecule has 88 valence electrons. The standard InChI is InChI=1S/C13H21NOSi/c1-11(15-16(4,5)6)12-7-9-13(10-8-12)14(2)3/h7-10H,1H2,2-6H3. The Morgan fingerprint density at radius 2 is 1.62 bits per heavy atom. The molecule has 0 unspecified atom stereocenters. The molecule has 0 spiro atoms. The van der Waals surface area contributed by atoms with Crippen LogP contribution in [0.15, 0.2) is 30.8 Å². The van der Waals surface area contributed by atoms with Crippen LogP contribution in [0.5, 0.6) is 0 Å². The molecule has 2 nitrogen and oxygen atoms in total. The molecule has 3 heteroatoms. The zero-order chi connectivity index (χ0) is 12.3. The van der Waals surface area contributed by atoms with Crippen molar-refractivity contribution in [1.29, 1.82) is 0 Å². The van der Waals surface area contributed by atoms with E-state index < -0.39 is 8.32 Å². The Morgan fingerprint density at radius 3 is 2.00 bits per heavy atom. The Morgan fingerprint density at radius 1 is 1.12 bits per heavy atom. The predicted molar refractivity (Wildman–Crippen MR) is 74.2 cm³/mol. The average molecular weight is 235 g/mol. The highest BCUT2D eigenvalue weighted by Crippen LogP contribution is 2.21. The second kappa shape index (κ2) is 4.74. The fourth-order valence-electron chi connectivity index (χ4n) is 1.37. The zero-order valence-electron chi connectivity index (χ0n) is 10.9. The summed E-state index contributed by atoms with van der Waals surface area (Å²) in [5.74, 6) is 0.782. The first-order chi connectivity index (χ1) is 7.29. The van der Waals surface area contributed by atoms with Gasteiger partial charge in [0, 0.05) is 25.3 Å². The topological polar surface area (TPSA) is 12.5 Å². The molecule has 16 heavy (non-hydrogen) atoms. The molecule has 1 aromatic carbocycles. The maximum atomic E-state index is 5.85. The van der Waals surface area contributed by atoms with Crippen molar-refractivity contribution >= 4 is 19.8 Å². The van der Waals surface area contributed by atoms with Crippen molar-refractivity contribution in [2.24, 2.45) is 0 Å². The Labute approximate surface area is 99.7 Å². The van der Waals surface area contributed by atoms with Crippen LogP contribution in [0, 0.1) is 0 Å². The summed E-state index contributed by atoms with van der Waals surface area (Å²) in [7, 11) is 2.51. The Balaban J connectivity index is 2.78. The lowest BCUT2D eigenvalue weighted by Crippen LogP contribution is -2.24. The fraction of sp³-hybridized carbons (Fsp3) is 0.385. The summed E-state index contributed by atoms with van der Waals surface area (Å²) in [4.78, 5) is 2.08. The highest BCUT2D eigenvalue weighted by molar-refractivity contribution is 6.70. The van der Waals surface area contributed by atoms with Gasteiger partial charge in [0.1, 0.15) is 5.76 Å². The summed E-state index contributed by atoms with van der Waals surface area (Å²) in [6.07, 6.45) is 0. The van der Waals surface area contributed by atoms with Gasteiger partial charge in [0.15, 0.2) is 0 Å². The van der Waals surface area contributed by atoms with Gasteiger partial charge in [-0.1, -0.05) is 6.58 Å². The number of benzene rings is 1. The smallest absolute Gasteiger partial charge is 0.242 e. The van der Waals surface area contributed by atoms with Gasteiger partial charge in [-0.2, -0.15) is 0 Å². The van der Waals surface area contributed by atoms with Gasteiger partial charge in [-0.25, -0.2) is 0 Å². The molecule has 0 aliphatic rings. The molecule has 0 aromatic heterocycles. The van der Waals surface area contributed by atoms with Crippen molar-refractivity contribution in [2.75, 3.05) is 19.0 Å². The van der Waals surface area contributed by atoms with Crippen molar-refractivity contribution in [2.45, 2.75) is 19.6 Å². The summed E-state index contributed by atoms with van der Waals surface area (Å²) < 4.78 is 5.85. The van der Waals surface area contributed by atoms with Crippen molar-refractivity contribution < 1.29 is 4.43 Å². The van der Waals surface area contributed by atoms with Crippen molar-refractivity contribution in [3.63, 3.8) is 0 Å². The quantitative estimate of drug-likeness (QED) is 0.584. The van der Waals surface area contributed by atoms with Crippen molar-refractivity contribution in [1.82, 2.24) is 0 Å². The first-order valence-corrected chi connectivity index (χ1v) is 8.86. The summed E-state index contributed by atoms with van der Waals surface area (Å²) in [5.41, 5.74) is 2.25. The second-order valence-corrected chi connectivity index (χ2v) is 9.51. The average Bonchev–Trinajstić information content (AvgIpc) is 2.15. The monoisotopic (exact) mass is 235 g/mol. The molecule has 0 bridgehead atoms. The third-order valence-electron chi connectivity index (χ3n) is 2.14. The Kier molecular flexibility index (Phi) is 3.81. The molecular formula is C13H21NOSi. The predicted octanol–water partition coefficient (Wildman–Crippen LogP) is 3.57. The molecule has 0 N–H and O–H groups in total. The lowest BCUT2D eigenvalue weighted by molar-refractivity contribution is 0.516. The fourth-order valence-corrected chi connectivity index (χ4v) is 2.23. The van der Waals surface area contributed by atoms with E-state index >= 15 is 0 Å². The van der Waals surface area contributed by atoms with Crippen molar-refractivity contribution in [3.8, 4) is 0 Å². The molecule has 0 amide bonds. The van der Waals surface area contributed by atoms with Crippen LogP contribution in [0.25, 0.3) is 5.76 Å². The van der Waals surface area contributed by atoms with Gasteiger partial charge in [-0.05, 0) is 43.9 Å². The van der Waals surface area contributed by atoms with E-state index in [9.17, 15) is 0 Å². The minimum atomic E-state index is -1.55. The normalized spacial score (nSPS) is 11.1. The summed E-state index contributed by atoms with van der Waals surface area (Å²) in [5, 5.41) is 0. The van der Waals surface area contributed by atoms with Crippen LogP contribution in [0.4, 0.5) is 5.69 Å². The van der Waals surface area contributed by atoms with E-state index in [-0.39, 0.29) is 0 Å². The lowest BCUT2D eigenvalue weighted by Gasteiger charge is -2.21. The molecule has 0 saturated carbocycles. The maximum Gasteiger partial charge on any atom is 0.242 e. The van der Waals surface area contributed by atoms with E-state index in [1.165, 1.54) is 5.69 Å². The van der Waals surface area contributed by atoms with Crippen LogP contribution < -0.4 is 4.90 Å². The summed E-state index contributed by atoms with van der Waals surface area (Å²) >= 11 is 0. The molecule has 1 rings (SSSR count). The summed E-state index contributed by atoms with van der Waals surface area (Å²) in [6, 6.07) is 8.26. The SMILES string of the molecule is C=C(O[Si](C)(C)C)c1ccc(N(C)C)cc1. The van der Waals surface area contributed by atoms with E-state index in [0.717, 1.165) is 11.3 Å². The second-order valence-electron chi connectivity index (χ2n) is 5.08. The lowest BCUT2D eigenvalue weighted by atomic mass is 10.2. The van der Waals surface area contributed by atoms with Gasteiger partial charge in [0.2, 0.25) is 8.32 Å². The first-order valence-electron chi connectivity index (χ1n) is 5.45. The van der Waals surface area contributed by atoms with Gasteiger partial charge in [0.05, 0.1) is 0 Å². The molecule has 0 heterocycles. The van der Waals surface area contributed by atoms with Crippen LogP contribution in [-0.4, -0.2) is 22.4 Å². The number of hydrogen-bond donors (Lipinski definition) is 0. The Hall–Kier alpha value is -1.22. The number of hydrogen-bond acceptors (Lipinski definition) is 2. The van der Waals surface area contributed by atoms with Gasteiger partial charge < -0.3 is 9.33 Å². The van der Waals surface area contributed by atoms with Crippen LogP contribution in [-0.2, 0) is 4.43 Å². The minimum absolute atomic E-state index is 0.782. The summed E-state index contributed by atoms with van der Waals surface area (Å²) in [6.45, 7) is 10.5. The number of nitrogens with zero attached hydrogens (tertiary/aromatic N) is 1. The molecule has 0 atom stereocenters. The molecule has 0 fully saturated rings. The Bertz CT molecular complexity index is 363. The highest BCUT2D eigenvalue weighted by Gasteiger charge is 2.17. The van der Waals surface area contributed by atoms with E-state index in [1.807, 2.05) is 14.1 Å². The van der Waals surface area contributed by atoms with E-state index in [0.29, 0.717) is 0 Å². The molecule has 0 aliphatic heterocycles.